The summed E-state index contributed by atoms with van der Waals surface area (Å²) in [5.74, 6) is -1.38. The summed E-state index contributed by atoms with van der Waals surface area (Å²) in [5.41, 5.74) is 0.898. The topological polar surface area (TPSA) is 108 Å². The Morgan fingerprint density at radius 3 is 2.48 bits per heavy atom. The Kier molecular flexibility index (Phi) is 8.28. The Labute approximate surface area is 160 Å². The third-order valence-corrected chi connectivity index (χ3v) is 4.55. The van der Waals surface area contributed by atoms with E-state index in [1.807, 2.05) is 44.2 Å². The van der Waals surface area contributed by atoms with E-state index in [4.69, 9.17) is 4.74 Å². The molecule has 1 saturated heterocycles. The van der Waals surface area contributed by atoms with Crippen molar-refractivity contribution in [2.24, 2.45) is 5.92 Å². The standard InChI is InChI=1S/C19H29BN2O5/c1-13(2)11-17(20(25)26)22-18(23)15(12-14-7-4-3-5-8-14)21-19(24)16-9-6-10-27-16/h3-5,7-8,13,15-17,25-26H,6,9-12H2,1-2H3,(H,21,24)(H,22,23)/t15-,16?,17-/m0/s1. The minimum absolute atomic E-state index is 0.172. The van der Waals surface area contributed by atoms with Crippen LogP contribution in [0, 0.1) is 5.92 Å². The highest BCUT2D eigenvalue weighted by Crippen LogP contribution is 2.13. The van der Waals surface area contributed by atoms with E-state index in [2.05, 4.69) is 10.6 Å². The molecule has 0 radical (unpaired) electrons. The molecule has 0 aromatic heterocycles. The Morgan fingerprint density at radius 2 is 1.93 bits per heavy atom. The average molecular weight is 376 g/mol. The maximum atomic E-state index is 12.8. The van der Waals surface area contributed by atoms with Crippen LogP contribution in [0.1, 0.15) is 38.7 Å². The fourth-order valence-corrected chi connectivity index (χ4v) is 3.15. The van der Waals surface area contributed by atoms with Crippen molar-refractivity contribution in [3.63, 3.8) is 0 Å². The summed E-state index contributed by atoms with van der Waals surface area (Å²) in [4.78, 5) is 25.2. The Balaban J connectivity index is 2.09. The highest BCUT2D eigenvalue weighted by Gasteiger charge is 2.32. The van der Waals surface area contributed by atoms with Gasteiger partial charge in [-0.2, -0.15) is 0 Å². The predicted molar refractivity (Wildman–Crippen MR) is 103 cm³/mol. The molecule has 1 unspecified atom stereocenters. The zero-order valence-corrected chi connectivity index (χ0v) is 15.9. The van der Waals surface area contributed by atoms with Crippen molar-refractivity contribution in [1.82, 2.24) is 10.6 Å². The minimum atomic E-state index is -1.66. The van der Waals surface area contributed by atoms with Crippen molar-refractivity contribution < 1.29 is 24.4 Å². The zero-order chi connectivity index (χ0) is 19.8. The smallest absolute Gasteiger partial charge is 0.426 e. The van der Waals surface area contributed by atoms with Gasteiger partial charge in [0.1, 0.15) is 12.1 Å². The second-order valence-corrected chi connectivity index (χ2v) is 7.41. The molecule has 27 heavy (non-hydrogen) atoms. The van der Waals surface area contributed by atoms with E-state index in [1.165, 1.54) is 0 Å². The normalized spacial score (nSPS) is 18.8. The third kappa shape index (κ3) is 6.97. The largest absolute Gasteiger partial charge is 0.475 e. The van der Waals surface area contributed by atoms with Crippen LogP contribution < -0.4 is 10.6 Å². The monoisotopic (exact) mass is 376 g/mol. The van der Waals surface area contributed by atoms with Crippen molar-refractivity contribution in [3.8, 4) is 0 Å². The first-order valence-corrected chi connectivity index (χ1v) is 9.49. The lowest BCUT2D eigenvalue weighted by Crippen LogP contribution is -2.56. The summed E-state index contributed by atoms with van der Waals surface area (Å²) in [6.45, 7) is 4.41. The molecule has 0 saturated carbocycles. The van der Waals surface area contributed by atoms with Crippen LogP contribution in [0.15, 0.2) is 30.3 Å². The Hall–Kier alpha value is -1.90. The van der Waals surface area contributed by atoms with Crippen molar-refractivity contribution in [1.29, 1.82) is 0 Å². The molecule has 148 valence electrons. The molecule has 1 aliphatic rings. The number of hydrogen-bond donors (Lipinski definition) is 4. The zero-order valence-electron chi connectivity index (χ0n) is 15.9. The number of ether oxygens (including phenoxy) is 1. The lowest BCUT2D eigenvalue weighted by Gasteiger charge is -2.25. The Bertz CT molecular complexity index is 605. The van der Waals surface area contributed by atoms with Gasteiger partial charge in [0, 0.05) is 13.0 Å². The van der Waals surface area contributed by atoms with E-state index >= 15 is 0 Å². The van der Waals surface area contributed by atoms with Crippen molar-refractivity contribution >= 4 is 18.9 Å². The van der Waals surface area contributed by atoms with E-state index in [9.17, 15) is 19.6 Å². The molecule has 1 aliphatic heterocycles. The lowest BCUT2D eigenvalue weighted by atomic mass is 9.75. The molecule has 0 spiro atoms. The minimum Gasteiger partial charge on any atom is -0.426 e. The van der Waals surface area contributed by atoms with Crippen LogP contribution in [0.25, 0.3) is 0 Å². The van der Waals surface area contributed by atoms with Gasteiger partial charge in [0.05, 0.1) is 5.94 Å². The Morgan fingerprint density at radius 1 is 1.22 bits per heavy atom. The summed E-state index contributed by atoms with van der Waals surface area (Å²) in [5, 5.41) is 24.6. The molecule has 4 N–H and O–H groups in total. The van der Waals surface area contributed by atoms with Crippen LogP contribution in [0.5, 0.6) is 0 Å². The average Bonchev–Trinajstić information content (AvgIpc) is 3.15. The molecular weight excluding hydrogens is 347 g/mol. The molecule has 0 bridgehead atoms. The summed E-state index contributed by atoms with van der Waals surface area (Å²) < 4.78 is 5.39. The lowest BCUT2D eigenvalue weighted by molar-refractivity contribution is -0.134. The predicted octanol–water partition coefficient (Wildman–Crippen LogP) is 0.436. The summed E-state index contributed by atoms with van der Waals surface area (Å²) in [6, 6.07) is 8.55. The van der Waals surface area contributed by atoms with Gasteiger partial charge in [-0.05, 0) is 30.7 Å². The van der Waals surface area contributed by atoms with E-state index < -0.39 is 31.1 Å². The van der Waals surface area contributed by atoms with E-state index in [0.29, 0.717) is 25.9 Å². The molecule has 1 aromatic rings. The van der Waals surface area contributed by atoms with Crippen molar-refractivity contribution in [3.05, 3.63) is 35.9 Å². The first-order valence-electron chi connectivity index (χ1n) is 9.49. The highest BCUT2D eigenvalue weighted by atomic mass is 16.5. The summed E-state index contributed by atoms with van der Waals surface area (Å²) >= 11 is 0. The van der Waals surface area contributed by atoms with Crippen LogP contribution in [-0.4, -0.2) is 53.7 Å². The third-order valence-electron chi connectivity index (χ3n) is 4.55. The van der Waals surface area contributed by atoms with E-state index in [1.54, 1.807) is 0 Å². The molecule has 1 heterocycles. The second kappa shape index (κ2) is 10.4. The van der Waals surface area contributed by atoms with Gasteiger partial charge in [-0.15, -0.1) is 0 Å². The van der Waals surface area contributed by atoms with Crippen molar-refractivity contribution in [2.45, 2.75) is 57.6 Å². The molecule has 2 rings (SSSR count). The molecule has 1 fully saturated rings. The molecule has 1 aromatic carbocycles. The van der Waals surface area contributed by atoms with E-state index in [-0.39, 0.29) is 11.8 Å². The SMILES string of the molecule is CC(C)C[C@H](NC(=O)[C@H](Cc1ccccc1)NC(=O)C1CCCO1)B(O)O. The van der Waals surface area contributed by atoms with Crippen LogP contribution >= 0.6 is 0 Å². The van der Waals surface area contributed by atoms with Gasteiger partial charge in [-0.1, -0.05) is 44.2 Å². The van der Waals surface area contributed by atoms with Crippen LogP contribution in [-0.2, 0) is 20.7 Å². The first-order chi connectivity index (χ1) is 12.9. The van der Waals surface area contributed by atoms with Gasteiger partial charge in [0.25, 0.3) is 0 Å². The molecule has 3 atom stereocenters. The quantitative estimate of drug-likeness (QED) is 0.468. The number of amides is 2. The molecule has 8 heteroatoms. The van der Waals surface area contributed by atoms with Gasteiger partial charge >= 0.3 is 7.12 Å². The van der Waals surface area contributed by atoms with Gasteiger partial charge in [-0.3, -0.25) is 9.59 Å². The molecule has 0 aliphatic carbocycles. The molecule has 7 nitrogen and oxygen atoms in total. The van der Waals surface area contributed by atoms with Gasteiger partial charge in [-0.25, -0.2) is 0 Å². The van der Waals surface area contributed by atoms with Gasteiger partial charge < -0.3 is 25.4 Å². The first kappa shape index (κ1) is 21.4. The summed E-state index contributed by atoms with van der Waals surface area (Å²) in [7, 11) is -1.66. The maximum Gasteiger partial charge on any atom is 0.475 e. The second-order valence-electron chi connectivity index (χ2n) is 7.41. The highest BCUT2D eigenvalue weighted by molar-refractivity contribution is 6.43. The molecule has 2 amide bonds. The fraction of sp³-hybridized carbons (Fsp3) is 0.579. The van der Waals surface area contributed by atoms with Crippen LogP contribution in [0.4, 0.5) is 0 Å². The maximum absolute atomic E-state index is 12.8. The van der Waals surface area contributed by atoms with E-state index in [0.717, 1.165) is 12.0 Å². The number of benzene rings is 1. The van der Waals surface area contributed by atoms with Crippen LogP contribution in [0.2, 0.25) is 0 Å². The summed E-state index contributed by atoms with van der Waals surface area (Å²) in [6.07, 6.45) is 1.64. The number of nitrogens with one attached hydrogen (secondary N) is 2. The number of carbonyl (C=O) groups is 2. The molecular formula is C19H29BN2O5. The van der Waals surface area contributed by atoms with Gasteiger partial charge in [0.2, 0.25) is 11.8 Å². The number of hydrogen-bond acceptors (Lipinski definition) is 5. The number of carbonyl (C=O) groups excluding carboxylic acids is 2. The van der Waals surface area contributed by atoms with Crippen LogP contribution in [0.3, 0.4) is 0 Å². The number of rotatable bonds is 9. The fourth-order valence-electron chi connectivity index (χ4n) is 3.15. The van der Waals surface area contributed by atoms with Gasteiger partial charge in [0.15, 0.2) is 0 Å². The van der Waals surface area contributed by atoms with Crippen molar-refractivity contribution in [2.75, 3.05) is 6.61 Å².